The molecular formula is C19H23N5O2S. The van der Waals surface area contributed by atoms with Crippen LogP contribution in [-0.2, 0) is 4.79 Å². The summed E-state index contributed by atoms with van der Waals surface area (Å²) in [6.45, 7) is 1.87. The number of carbonyl (C=O) groups is 1. The van der Waals surface area contributed by atoms with Crippen LogP contribution in [0, 0.1) is 18.3 Å². The largest absolute Gasteiger partial charge is 0.497 e. The first-order valence-electron chi connectivity index (χ1n) is 8.98. The molecule has 0 bridgehead atoms. The number of methoxy groups -OCH3 is 1. The number of ether oxygens (including phenoxy) is 1. The number of nitrogens with one attached hydrogen (secondary N) is 1. The standard InChI is InChI=1S/C19H23N5O2S/c1-14-22-23-18(24(14)15-6-8-16(26-2)9-7-15)27-12-17(25)21-19(13-20)10-4-3-5-11-19/h6-9H,3-5,10-12H2,1-2H3,(H,21,25). The first-order valence-corrected chi connectivity index (χ1v) is 9.97. The smallest absolute Gasteiger partial charge is 0.231 e. The van der Waals surface area contributed by atoms with Crippen LogP contribution in [0.15, 0.2) is 29.4 Å². The van der Waals surface area contributed by atoms with E-state index >= 15 is 0 Å². The molecule has 1 aromatic carbocycles. The Morgan fingerprint density at radius 3 is 2.63 bits per heavy atom. The highest BCUT2D eigenvalue weighted by molar-refractivity contribution is 7.99. The zero-order chi connectivity index (χ0) is 19.3. The maximum absolute atomic E-state index is 12.4. The van der Waals surface area contributed by atoms with Crippen LogP contribution < -0.4 is 10.1 Å². The highest BCUT2D eigenvalue weighted by Crippen LogP contribution is 2.28. The van der Waals surface area contributed by atoms with Crippen LogP contribution >= 0.6 is 11.8 Å². The molecule has 27 heavy (non-hydrogen) atoms. The van der Waals surface area contributed by atoms with E-state index in [-0.39, 0.29) is 11.7 Å². The third-order valence-electron chi connectivity index (χ3n) is 4.76. The summed E-state index contributed by atoms with van der Waals surface area (Å²) in [5.74, 6) is 1.55. The first-order chi connectivity index (χ1) is 13.1. The number of amides is 1. The molecule has 0 radical (unpaired) electrons. The number of aryl methyl sites for hydroxylation is 1. The van der Waals surface area contributed by atoms with Crippen LogP contribution in [0.5, 0.6) is 5.75 Å². The summed E-state index contributed by atoms with van der Waals surface area (Å²) in [7, 11) is 1.62. The minimum atomic E-state index is -0.713. The molecule has 0 aliphatic heterocycles. The van der Waals surface area contributed by atoms with Crippen molar-refractivity contribution in [1.29, 1.82) is 5.26 Å². The van der Waals surface area contributed by atoms with E-state index in [1.54, 1.807) is 7.11 Å². The molecule has 7 nitrogen and oxygen atoms in total. The van der Waals surface area contributed by atoms with E-state index < -0.39 is 5.54 Å². The molecule has 0 unspecified atom stereocenters. The predicted molar refractivity (Wildman–Crippen MR) is 103 cm³/mol. The molecule has 1 saturated carbocycles. The molecule has 8 heteroatoms. The van der Waals surface area contributed by atoms with Gasteiger partial charge in [0.2, 0.25) is 5.91 Å². The topological polar surface area (TPSA) is 92.8 Å². The normalized spacial score (nSPS) is 15.7. The van der Waals surface area contributed by atoms with Crippen LogP contribution in [0.1, 0.15) is 37.9 Å². The molecule has 1 N–H and O–H groups in total. The Morgan fingerprint density at radius 2 is 2.00 bits per heavy atom. The molecule has 0 saturated heterocycles. The Balaban J connectivity index is 1.68. The van der Waals surface area contributed by atoms with Gasteiger partial charge < -0.3 is 10.1 Å². The number of aromatic nitrogens is 3. The fraction of sp³-hybridized carbons (Fsp3) is 0.474. The summed E-state index contributed by atoms with van der Waals surface area (Å²) >= 11 is 1.32. The molecular weight excluding hydrogens is 362 g/mol. The third-order valence-corrected chi connectivity index (χ3v) is 5.69. The molecule has 2 aromatic rings. The molecule has 0 atom stereocenters. The van der Waals surface area contributed by atoms with Crippen LogP contribution in [0.4, 0.5) is 0 Å². The maximum Gasteiger partial charge on any atom is 0.231 e. The summed E-state index contributed by atoms with van der Waals surface area (Å²) in [5.41, 5.74) is 0.192. The van der Waals surface area contributed by atoms with Crippen molar-refractivity contribution in [1.82, 2.24) is 20.1 Å². The molecule has 0 spiro atoms. The minimum absolute atomic E-state index is 0.148. The van der Waals surface area contributed by atoms with E-state index in [2.05, 4.69) is 21.6 Å². The lowest BCUT2D eigenvalue weighted by Gasteiger charge is -2.31. The van der Waals surface area contributed by atoms with Gasteiger partial charge in [0.25, 0.3) is 0 Å². The molecule has 1 amide bonds. The average Bonchev–Trinajstić information content (AvgIpc) is 3.07. The van der Waals surface area contributed by atoms with E-state index in [9.17, 15) is 10.1 Å². The second-order valence-corrected chi connectivity index (χ2v) is 7.60. The Morgan fingerprint density at radius 1 is 1.30 bits per heavy atom. The number of hydrogen-bond acceptors (Lipinski definition) is 6. The molecule has 142 valence electrons. The molecule has 1 fully saturated rings. The van der Waals surface area contributed by atoms with Gasteiger partial charge in [0.15, 0.2) is 5.16 Å². The van der Waals surface area contributed by atoms with Crippen molar-refractivity contribution >= 4 is 17.7 Å². The molecule has 1 aromatic heterocycles. The van der Waals surface area contributed by atoms with Gasteiger partial charge in [-0.25, -0.2) is 0 Å². The molecule has 1 aliphatic carbocycles. The lowest BCUT2D eigenvalue weighted by Crippen LogP contribution is -2.49. The van der Waals surface area contributed by atoms with Crippen LogP contribution in [-0.4, -0.2) is 39.1 Å². The molecule has 3 rings (SSSR count). The SMILES string of the molecule is COc1ccc(-n2c(C)nnc2SCC(=O)NC2(C#N)CCCCC2)cc1. The maximum atomic E-state index is 12.4. The van der Waals surface area contributed by atoms with Crippen LogP contribution in [0.2, 0.25) is 0 Å². The minimum Gasteiger partial charge on any atom is -0.497 e. The van der Waals surface area contributed by atoms with Crippen molar-refractivity contribution in [3.05, 3.63) is 30.1 Å². The summed E-state index contributed by atoms with van der Waals surface area (Å²) in [4.78, 5) is 12.4. The molecule has 1 aliphatic rings. The summed E-state index contributed by atoms with van der Waals surface area (Å²) < 4.78 is 7.09. The number of carbonyl (C=O) groups excluding carboxylic acids is 1. The number of thioether (sulfide) groups is 1. The first kappa shape index (κ1) is 19.2. The lowest BCUT2D eigenvalue weighted by molar-refractivity contribution is -0.120. The number of benzene rings is 1. The summed E-state index contributed by atoms with van der Waals surface area (Å²) in [5, 5.41) is 21.4. The fourth-order valence-corrected chi connectivity index (χ4v) is 4.12. The summed E-state index contributed by atoms with van der Waals surface area (Å²) in [6, 6.07) is 9.90. The van der Waals surface area contributed by atoms with Gasteiger partial charge in [0.05, 0.1) is 18.9 Å². The highest BCUT2D eigenvalue weighted by Gasteiger charge is 2.33. The average molecular weight is 385 g/mol. The Hall–Kier alpha value is -2.53. The van der Waals surface area contributed by atoms with E-state index in [0.29, 0.717) is 5.16 Å². The Bertz CT molecular complexity index is 835. The van der Waals surface area contributed by atoms with Crippen molar-refractivity contribution in [2.24, 2.45) is 0 Å². The lowest BCUT2D eigenvalue weighted by atomic mass is 9.83. The van der Waals surface area contributed by atoms with Crippen molar-refractivity contribution in [2.75, 3.05) is 12.9 Å². The highest BCUT2D eigenvalue weighted by atomic mass is 32.2. The second-order valence-electron chi connectivity index (χ2n) is 6.65. The van der Waals surface area contributed by atoms with Crippen LogP contribution in [0.3, 0.4) is 0 Å². The van der Waals surface area contributed by atoms with Crippen molar-refractivity contribution in [2.45, 2.75) is 49.7 Å². The van der Waals surface area contributed by atoms with Gasteiger partial charge in [-0.15, -0.1) is 10.2 Å². The fourth-order valence-electron chi connectivity index (χ4n) is 3.32. The van der Waals surface area contributed by atoms with E-state index in [1.165, 1.54) is 11.8 Å². The number of rotatable bonds is 6. The summed E-state index contributed by atoms with van der Waals surface area (Å²) in [6.07, 6.45) is 4.53. The Labute approximate surface area is 163 Å². The number of nitriles is 1. The van der Waals surface area contributed by atoms with Crippen LogP contribution in [0.25, 0.3) is 5.69 Å². The van der Waals surface area contributed by atoms with E-state index in [0.717, 1.165) is 49.4 Å². The predicted octanol–water partition coefficient (Wildman–Crippen LogP) is 3.02. The van der Waals surface area contributed by atoms with Gasteiger partial charge in [0, 0.05) is 5.69 Å². The van der Waals surface area contributed by atoms with Gasteiger partial charge in [-0.3, -0.25) is 9.36 Å². The second kappa shape index (κ2) is 8.44. The number of hydrogen-bond donors (Lipinski definition) is 1. The Kier molecular flexibility index (Phi) is 6.01. The van der Waals surface area contributed by atoms with Crippen molar-refractivity contribution in [3.8, 4) is 17.5 Å². The molecule has 1 heterocycles. The monoisotopic (exact) mass is 385 g/mol. The van der Waals surface area contributed by atoms with Gasteiger partial charge in [-0.1, -0.05) is 31.0 Å². The quantitative estimate of drug-likeness (QED) is 0.769. The van der Waals surface area contributed by atoms with Gasteiger partial charge >= 0.3 is 0 Å². The third kappa shape index (κ3) is 4.42. The van der Waals surface area contributed by atoms with E-state index in [1.807, 2.05) is 35.8 Å². The van der Waals surface area contributed by atoms with E-state index in [4.69, 9.17) is 4.74 Å². The zero-order valence-electron chi connectivity index (χ0n) is 15.6. The van der Waals surface area contributed by atoms with Gasteiger partial charge in [0.1, 0.15) is 17.1 Å². The van der Waals surface area contributed by atoms with Crippen molar-refractivity contribution in [3.63, 3.8) is 0 Å². The zero-order valence-corrected chi connectivity index (χ0v) is 16.4. The van der Waals surface area contributed by atoms with Gasteiger partial charge in [-0.2, -0.15) is 5.26 Å². The number of nitrogens with zero attached hydrogens (tertiary/aromatic N) is 4. The van der Waals surface area contributed by atoms with Gasteiger partial charge in [-0.05, 0) is 44.0 Å². The van der Waals surface area contributed by atoms with Crippen molar-refractivity contribution < 1.29 is 9.53 Å².